The second-order valence-electron chi connectivity index (χ2n) is 13.6. The minimum Gasteiger partial charge on any atom is -1.00 e. The third-order valence-corrected chi connectivity index (χ3v) is 41.7. The van der Waals surface area contributed by atoms with Gasteiger partial charge in [-0.3, -0.25) is 0 Å². The van der Waals surface area contributed by atoms with Crippen LogP contribution in [0.5, 0.6) is 0 Å². The molecule has 0 radical (unpaired) electrons. The fraction of sp³-hybridized carbons (Fsp3) is 0.733. The second-order valence-corrected chi connectivity index (χ2v) is 36.0. The Morgan fingerprint density at radius 3 is 1.34 bits per heavy atom. The maximum Gasteiger partial charge on any atom is -1.00 e. The van der Waals surface area contributed by atoms with Crippen molar-refractivity contribution in [1.29, 1.82) is 0 Å². The minimum atomic E-state index is -2.15. The summed E-state index contributed by atoms with van der Waals surface area (Å²) < 4.78 is 6.16. The van der Waals surface area contributed by atoms with Gasteiger partial charge >= 0.3 is 211 Å². The molecule has 7 aliphatic rings. The van der Waals surface area contributed by atoms with Crippen molar-refractivity contribution in [3.63, 3.8) is 0 Å². The maximum absolute atomic E-state index is 2.74. The molecule has 0 aromatic carbocycles. The minimum absolute atomic E-state index is 0. The quantitative estimate of drug-likeness (QED) is 0.397. The van der Waals surface area contributed by atoms with Gasteiger partial charge in [0, 0.05) is 0 Å². The van der Waals surface area contributed by atoms with Crippen LogP contribution in [0.25, 0.3) is 0 Å². The van der Waals surface area contributed by atoms with Gasteiger partial charge in [-0.2, -0.15) is 0 Å². The van der Waals surface area contributed by atoms with Crippen molar-refractivity contribution in [2.75, 3.05) is 0 Å². The summed E-state index contributed by atoms with van der Waals surface area (Å²) in [6.07, 6.45) is 27.1. The Kier molecular flexibility index (Phi) is 7.92. The van der Waals surface area contributed by atoms with Gasteiger partial charge in [0.2, 0.25) is 0 Å². The van der Waals surface area contributed by atoms with E-state index in [1.807, 2.05) is 0 Å². The molecule has 35 heavy (non-hydrogen) atoms. The van der Waals surface area contributed by atoms with Gasteiger partial charge in [-0.05, 0) is 0 Å². The molecule has 5 fully saturated rings. The summed E-state index contributed by atoms with van der Waals surface area (Å²) in [6.45, 7) is 5.26. The Hall–Kier alpha value is 0.857. The Morgan fingerprint density at radius 1 is 0.629 bits per heavy atom. The molecule has 3 heterocycles. The first-order valence-electron chi connectivity index (χ1n) is 14.9. The van der Waals surface area contributed by atoms with Crippen LogP contribution in [0.3, 0.4) is 0 Å². The van der Waals surface area contributed by atoms with E-state index in [9.17, 15) is 0 Å². The molecule has 3 saturated heterocycles. The predicted molar refractivity (Wildman–Crippen MR) is 145 cm³/mol. The monoisotopic (exact) mass is 622 g/mol. The van der Waals surface area contributed by atoms with Crippen molar-refractivity contribution < 1.29 is 45.1 Å². The third-order valence-electron chi connectivity index (χ3n) is 13.2. The van der Waals surface area contributed by atoms with Gasteiger partial charge in [-0.25, -0.2) is 0 Å². The summed E-state index contributed by atoms with van der Waals surface area (Å²) in [5, 5.41) is 0. The summed E-state index contributed by atoms with van der Waals surface area (Å²) >= 11 is -2.15. The zero-order chi connectivity index (χ0) is 22.3. The normalized spacial score (nSPS) is 43.4. The van der Waals surface area contributed by atoms with Gasteiger partial charge in [0.25, 0.3) is 0 Å². The second kappa shape index (κ2) is 10.1. The Bertz CT molecular complexity index is 832. The standard InChI is InChI=1S/2C14H21Si.C2H4.2ClH.Zr/c2*1-2-15(10-5-11-15)14-9-8-12-6-3-4-7-13(12)14;1-2;;;/h2*3-4,6-7,9,12-14H,2,5,8,10-11H2,1H3;1-2H2;2*1H;/q;;;;;+2/p-2. The first-order chi connectivity index (χ1) is 16.2. The third kappa shape index (κ3) is 3.93. The van der Waals surface area contributed by atoms with Crippen molar-refractivity contribution >= 4 is 16.1 Å². The molecule has 2 saturated carbocycles. The van der Waals surface area contributed by atoms with E-state index < -0.39 is 36.4 Å². The molecule has 0 amide bonds. The first kappa shape index (κ1) is 27.4. The molecule has 4 aliphatic carbocycles. The summed E-state index contributed by atoms with van der Waals surface area (Å²) in [5.74, 6) is 3.78. The van der Waals surface area contributed by atoms with E-state index >= 15 is 0 Å². The molecule has 7 rings (SSSR count). The molecule has 8 unspecified atom stereocenters. The van der Waals surface area contributed by atoms with Crippen LogP contribution in [-0.2, 0) is 20.3 Å². The molecule has 5 heteroatoms. The predicted octanol–water partition coefficient (Wildman–Crippen LogP) is 3.58. The van der Waals surface area contributed by atoms with E-state index in [1.54, 1.807) is 70.2 Å². The van der Waals surface area contributed by atoms with Gasteiger partial charge < -0.3 is 24.8 Å². The summed E-state index contributed by atoms with van der Waals surface area (Å²) in [6, 6.07) is 10.0. The zero-order valence-electron chi connectivity index (χ0n) is 22.0. The molecule has 0 bridgehead atoms. The Morgan fingerprint density at radius 2 is 1.03 bits per heavy atom. The van der Waals surface area contributed by atoms with Crippen molar-refractivity contribution in [3.8, 4) is 0 Å². The molecule has 0 spiro atoms. The van der Waals surface area contributed by atoms with Crippen LogP contribution in [-0.4, -0.2) is 16.1 Å². The number of rotatable bonds is 6. The van der Waals surface area contributed by atoms with Crippen molar-refractivity contribution in [1.82, 2.24) is 0 Å². The van der Waals surface area contributed by atoms with Crippen LogP contribution in [0.2, 0.25) is 62.9 Å². The average molecular weight is 625 g/mol. The van der Waals surface area contributed by atoms with Gasteiger partial charge in [0.05, 0.1) is 0 Å². The Labute approximate surface area is 234 Å². The number of allylic oxidation sites excluding steroid dienone is 8. The first-order valence-corrected chi connectivity index (χ1v) is 26.6. The van der Waals surface area contributed by atoms with E-state index in [0.717, 1.165) is 23.7 Å². The summed E-state index contributed by atoms with van der Waals surface area (Å²) in [7, 11) is -2.07. The van der Waals surface area contributed by atoms with Crippen LogP contribution >= 0.6 is 0 Å². The Balaban J connectivity index is 0.00000127. The summed E-state index contributed by atoms with van der Waals surface area (Å²) in [5.41, 5.74) is 2.41. The van der Waals surface area contributed by atoms with Crippen LogP contribution in [0.4, 0.5) is 0 Å². The molecular formula is C30H46Cl2Si2Zr. The van der Waals surface area contributed by atoms with Crippen LogP contribution in [0, 0.1) is 23.7 Å². The number of halogens is 2. The van der Waals surface area contributed by atoms with Gasteiger partial charge in [0.15, 0.2) is 0 Å². The number of hydrogen-bond acceptors (Lipinski definition) is 0. The van der Waals surface area contributed by atoms with E-state index in [-0.39, 0.29) is 24.8 Å². The van der Waals surface area contributed by atoms with Crippen LogP contribution < -0.4 is 24.8 Å². The molecule has 3 aliphatic heterocycles. The fourth-order valence-corrected chi connectivity index (χ4v) is 49.0. The van der Waals surface area contributed by atoms with E-state index in [1.165, 1.54) is 18.3 Å². The molecule has 192 valence electrons. The average Bonchev–Trinajstić information content (AvgIpc) is 3.36. The smallest absolute Gasteiger partial charge is 1.00 e. The topological polar surface area (TPSA) is 0 Å². The molecule has 0 nitrogen and oxygen atoms in total. The van der Waals surface area contributed by atoms with E-state index in [2.05, 4.69) is 62.5 Å². The largest absolute Gasteiger partial charge is 1.00 e. The van der Waals surface area contributed by atoms with Crippen LogP contribution in [0.1, 0.15) is 39.5 Å². The molecule has 0 aromatic rings. The molecule has 0 aromatic heterocycles. The van der Waals surface area contributed by atoms with Gasteiger partial charge in [-0.15, -0.1) is 0 Å². The van der Waals surface area contributed by atoms with Gasteiger partial charge in [0.1, 0.15) is 0 Å². The van der Waals surface area contributed by atoms with Crippen molar-refractivity contribution in [3.05, 3.63) is 48.6 Å². The van der Waals surface area contributed by atoms with E-state index in [0.29, 0.717) is 0 Å². The molecule has 0 N–H and O–H groups in total. The van der Waals surface area contributed by atoms with Crippen LogP contribution in [0.15, 0.2) is 48.6 Å². The SMILES string of the molecule is CC[Si]1(C2C3C=CC=CC3C[CH]2[Zr+2]2([CH]3CC4C=CC=CC4C3[Si]3(CC)CCC3)[CH2][CH2]2)CCC1.[Cl-].[Cl-]. The molecular weight excluding hydrogens is 579 g/mol. The maximum atomic E-state index is 2.74. The fourth-order valence-electron chi connectivity index (χ4n) is 11.1. The number of fused-ring (bicyclic) bond motifs is 2. The molecule has 8 atom stereocenters. The zero-order valence-corrected chi connectivity index (χ0v) is 27.9. The van der Waals surface area contributed by atoms with Crippen molar-refractivity contribution in [2.24, 2.45) is 23.7 Å². The van der Waals surface area contributed by atoms with E-state index in [4.69, 9.17) is 0 Å². The van der Waals surface area contributed by atoms with Gasteiger partial charge in [-0.1, -0.05) is 0 Å². The summed E-state index contributed by atoms with van der Waals surface area (Å²) in [4.78, 5) is 0. The van der Waals surface area contributed by atoms with Crippen molar-refractivity contribution in [2.45, 2.75) is 102 Å². The number of hydrogen-bond donors (Lipinski definition) is 0.